The summed E-state index contributed by atoms with van der Waals surface area (Å²) < 4.78 is 32.9. The fourth-order valence-corrected chi connectivity index (χ4v) is 3.45. The van der Waals surface area contributed by atoms with Gasteiger partial charge in [-0.05, 0) is 25.1 Å². The van der Waals surface area contributed by atoms with Gasteiger partial charge in [-0.2, -0.15) is 0 Å². The van der Waals surface area contributed by atoms with E-state index >= 15 is 0 Å². The number of nitrogens with one attached hydrogen (secondary N) is 1. The van der Waals surface area contributed by atoms with Crippen molar-refractivity contribution in [1.29, 1.82) is 0 Å². The van der Waals surface area contributed by atoms with Gasteiger partial charge in [-0.25, -0.2) is 18.4 Å². The molecule has 0 radical (unpaired) electrons. The number of rotatable bonds is 7. The Morgan fingerprint density at radius 3 is 2.66 bits per heavy atom. The number of anilines is 1. The molecule has 4 rings (SSSR count). The molecule has 0 saturated carbocycles. The average molecular weight is 444 g/mol. The SMILES string of the molecule is Cc1nnn(-c2ccc(C(F)F)cc2)c1COc1ccc(N2CCNC(C(=O)O)C2)cn1. The highest BCUT2D eigenvalue weighted by atomic mass is 19.3. The zero-order chi connectivity index (χ0) is 22.7. The second-order valence-electron chi connectivity index (χ2n) is 7.36. The van der Waals surface area contributed by atoms with Crippen LogP contribution in [0, 0.1) is 6.92 Å². The Morgan fingerprint density at radius 2 is 2.00 bits per heavy atom. The molecule has 1 aliphatic rings. The minimum absolute atomic E-state index is 0.0631. The van der Waals surface area contributed by atoms with Crippen molar-refractivity contribution in [3.63, 3.8) is 0 Å². The molecule has 1 atom stereocenters. The number of aromatic nitrogens is 4. The first-order chi connectivity index (χ1) is 15.4. The van der Waals surface area contributed by atoms with Gasteiger partial charge in [-0.1, -0.05) is 17.3 Å². The van der Waals surface area contributed by atoms with Gasteiger partial charge in [0.25, 0.3) is 6.43 Å². The standard InChI is InChI=1S/C21H22F2N6O3/c1-13-18(29(27-26-13)15-4-2-14(3-5-15)20(22)23)12-32-19-7-6-16(10-25-19)28-9-8-24-17(11-28)21(30)31/h2-7,10,17,20,24H,8-9,11-12H2,1H3,(H,30,31). The summed E-state index contributed by atoms with van der Waals surface area (Å²) in [4.78, 5) is 17.5. The maximum atomic E-state index is 12.8. The first-order valence-electron chi connectivity index (χ1n) is 10.0. The third-order valence-corrected chi connectivity index (χ3v) is 5.26. The molecule has 1 aromatic carbocycles. The summed E-state index contributed by atoms with van der Waals surface area (Å²) in [7, 11) is 0. The molecule has 2 N–H and O–H groups in total. The lowest BCUT2D eigenvalue weighted by Crippen LogP contribution is -2.54. The molecule has 1 aliphatic heterocycles. The molecule has 32 heavy (non-hydrogen) atoms. The van der Waals surface area contributed by atoms with Gasteiger partial charge >= 0.3 is 5.97 Å². The number of alkyl halides is 2. The first kappa shape index (κ1) is 21.6. The van der Waals surface area contributed by atoms with Crippen molar-refractivity contribution in [2.24, 2.45) is 0 Å². The number of hydrogen-bond donors (Lipinski definition) is 2. The highest BCUT2D eigenvalue weighted by molar-refractivity contribution is 5.75. The van der Waals surface area contributed by atoms with Crippen molar-refractivity contribution in [1.82, 2.24) is 25.3 Å². The summed E-state index contributed by atoms with van der Waals surface area (Å²) in [6.45, 7) is 3.53. The number of piperazine rings is 1. The molecular formula is C21H22F2N6O3. The van der Waals surface area contributed by atoms with Crippen LogP contribution in [0.1, 0.15) is 23.4 Å². The van der Waals surface area contributed by atoms with Gasteiger partial charge in [-0.3, -0.25) is 4.79 Å². The Kier molecular flexibility index (Phi) is 6.26. The Balaban J connectivity index is 1.43. The summed E-state index contributed by atoms with van der Waals surface area (Å²) >= 11 is 0. The smallest absolute Gasteiger partial charge is 0.322 e. The molecule has 3 heterocycles. The van der Waals surface area contributed by atoms with Gasteiger partial charge in [0, 0.05) is 31.3 Å². The van der Waals surface area contributed by atoms with Gasteiger partial charge in [0.05, 0.1) is 23.3 Å². The summed E-state index contributed by atoms with van der Waals surface area (Å²) in [6, 6.07) is 8.75. The lowest BCUT2D eigenvalue weighted by atomic mass is 10.2. The average Bonchev–Trinajstić information content (AvgIpc) is 3.18. The van der Waals surface area contributed by atoms with E-state index < -0.39 is 18.4 Å². The van der Waals surface area contributed by atoms with E-state index in [-0.39, 0.29) is 12.2 Å². The summed E-state index contributed by atoms with van der Waals surface area (Å²) in [5.41, 5.74) is 2.68. The molecule has 0 amide bonds. The van der Waals surface area contributed by atoms with Gasteiger partial charge in [0.1, 0.15) is 18.3 Å². The largest absolute Gasteiger partial charge is 0.480 e. The van der Waals surface area contributed by atoms with E-state index in [4.69, 9.17) is 4.74 Å². The van der Waals surface area contributed by atoms with Crippen LogP contribution < -0.4 is 15.0 Å². The molecule has 1 unspecified atom stereocenters. The Bertz CT molecular complexity index is 1070. The third-order valence-electron chi connectivity index (χ3n) is 5.26. The number of aryl methyl sites for hydroxylation is 1. The molecular weight excluding hydrogens is 422 g/mol. The van der Waals surface area contributed by atoms with Crippen LogP contribution in [-0.2, 0) is 11.4 Å². The second-order valence-corrected chi connectivity index (χ2v) is 7.36. The molecule has 3 aromatic rings. The molecule has 0 bridgehead atoms. The molecule has 9 nitrogen and oxygen atoms in total. The summed E-state index contributed by atoms with van der Waals surface area (Å²) in [6.07, 6.45) is -0.889. The topological polar surface area (TPSA) is 105 Å². The van der Waals surface area contributed by atoms with E-state index in [0.29, 0.717) is 42.6 Å². The normalized spacial score (nSPS) is 16.4. The van der Waals surface area contributed by atoms with Crippen molar-refractivity contribution in [2.75, 3.05) is 24.5 Å². The van der Waals surface area contributed by atoms with Crippen molar-refractivity contribution < 1.29 is 23.4 Å². The van der Waals surface area contributed by atoms with Crippen molar-refractivity contribution in [2.45, 2.75) is 26.0 Å². The van der Waals surface area contributed by atoms with E-state index in [1.165, 1.54) is 12.1 Å². The first-order valence-corrected chi connectivity index (χ1v) is 10.0. The van der Waals surface area contributed by atoms with Gasteiger partial charge < -0.3 is 20.1 Å². The lowest BCUT2D eigenvalue weighted by molar-refractivity contribution is -0.139. The number of benzene rings is 1. The number of halogens is 2. The van der Waals surface area contributed by atoms with E-state index in [1.54, 1.807) is 36.0 Å². The minimum atomic E-state index is -2.53. The van der Waals surface area contributed by atoms with Crippen molar-refractivity contribution >= 4 is 11.7 Å². The highest BCUT2D eigenvalue weighted by Crippen LogP contribution is 2.22. The Labute approximate surface area is 182 Å². The van der Waals surface area contributed by atoms with Gasteiger partial charge in [-0.15, -0.1) is 5.10 Å². The molecule has 1 fully saturated rings. The van der Waals surface area contributed by atoms with E-state index in [1.807, 2.05) is 11.0 Å². The van der Waals surface area contributed by atoms with E-state index in [2.05, 4.69) is 20.6 Å². The third kappa shape index (κ3) is 4.67. The van der Waals surface area contributed by atoms with Gasteiger partial charge in [0.15, 0.2) is 0 Å². The molecule has 11 heteroatoms. The van der Waals surface area contributed by atoms with Crippen LogP contribution >= 0.6 is 0 Å². The molecule has 0 spiro atoms. The molecule has 1 saturated heterocycles. The summed E-state index contributed by atoms with van der Waals surface area (Å²) in [5, 5.41) is 20.3. The number of aliphatic carboxylic acids is 1. The van der Waals surface area contributed by atoms with Crippen LogP contribution in [0.25, 0.3) is 5.69 Å². The van der Waals surface area contributed by atoms with Crippen molar-refractivity contribution in [3.8, 4) is 11.6 Å². The fourth-order valence-electron chi connectivity index (χ4n) is 3.45. The van der Waals surface area contributed by atoms with Crippen LogP contribution in [-0.4, -0.2) is 56.7 Å². The number of carboxylic acids is 1. The number of hydrogen-bond acceptors (Lipinski definition) is 7. The Morgan fingerprint density at radius 1 is 1.25 bits per heavy atom. The number of ether oxygens (including phenoxy) is 1. The maximum Gasteiger partial charge on any atom is 0.322 e. The minimum Gasteiger partial charge on any atom is -0.480 e. The van der Waals surface area contributed by atoms with Crippen LogP contribution in [0.15, 0.2) is 42.6 Å². The number of carbonyl (C=O) groups is 1. The van der Waals surface area contributed by atoms with Crippen LogP contribution in [0.5, 0.6) is 5.88 Å². The van der Waals surface area contributed by atoms with Crippen LogP contribution in [0.2, 0.25) is 0 Å². The fraction of sp³-hybridized carbons (Fsp3) is 0.333. The Hall–Kier alpha value is -3.60. The van der Waals surface area contributed by atoms with E-state index in [9.17, 15) is 18.7 Å². The summed E-state index contributed by atoms with van der Waals surface area (Å²) in [5.74, 6) is -0.495. The maximum absolute atomic E-state index is 12.8. The second kappa shape index (κ2) is 9.27. The molecule has 168 valence electrons. The van der Waals surface area contributed by atoms with E-state index in [0.717, 1.165) is 5.69 Å². The van der Waals surface area contributed by atoms with Crippen LogP contribution in [0.4, 0.5) is 14.5 Å². The highest BCUT2D eigenvalue weighted by Gasteiger charge is 2.25. The predicted molar refractivity (Wildman–Crippen MR) is 111 cm³/mol. The zero-order valence-electron chi connectivity index (χ0n) is 17.3. The monoisotopic (exact) mass is 444 g/mol. The lowest BCUT2D eigenvalue weighted by Gasteiger charge is -2.33. The quantitative estimate of drug-likeness (QED) is 0.572. The molecule has 2 aromatic heterocycles. The number of pyridine rings is 1. The number of nitrogens with zero attached hydrogens (tertiary/aromatic N) is 5. The van der Waals surface area contributed by atoms with Crippen LogP contribution in [0.3, 0.4) is 0 Å². The molecule has 0 aliphatic carbocycles. The number of carboxylic acid groups (broad SMARTS) is 1. The predicted octanol–water partition coefficient (Wildman–Crippen LogP) is 2.35. The zero-order valence-corrected chi connectivity index (χ0v) is 17.3. The van der Waals surface area contributed by atoms with Crippen molar-refractivity contribution in [3.05, 3.63) is 59.5 Å². The van der Waals surface area contributed by atoms with Gasteiger partial charge in [0.2, 0.25) is 5.88 Å².